The number of ether oxygens (including phenoxy) is 1. The number of amides is 2. The number of likely N-dealkylation sites (tertiary alicyclic amines) is 1. The van der Waals surface area contributed by atoms with Crippen LogP contribution in [0.15, 0.2) is 36.9 Å². The second-order valence-corrected chi connectivity index (χ2v) is 7.16. The Labute approximate surface area is 176 Å². The van der Waals surface area contributed by atoms with Crippen molar-refractivity contribution in [1.29, 1.82) is 0 Å². The summed E-state index contributed by atoms with van der Waals surface area (Å²) >= 11 is 0. The fourth-order valence-electron chi connectivity index (χ4n) is 3.45. The molecule has 0 bridgehead atoms. The predicted octanol–water partition coefficient (Wildman–Crippen LogP) is 3.26. The Morgan fingerprint density at radius 1 is 1.23 bits per heavy atom. The van der Waals surface area contributed by atoms with E-state index in [1.165, 1.54) is 23.3 Å². The zero-order valence-electron chi connectivity index (χ0n) is 16.7. The van der Waals surface area contributed by atoms with E-state index in [0.717, 1.165) is 4.90 Å². The number of rotatable bonds is 4. The normalized spacial score (nSPS) is 15.6. The minimum absolute atomic E-state index is 0.209. The lowest BCUT2D eigenvalue weighted by molar-refractivity contribution is -0.0560. The van der Waals surface area contributed by atoms with Crippen molar-refractivity contribution >= 4 is 28.7 Å². The van der Waals surface area contributed by atoms with Gasteiger partial charge >= 0.3 is 6.09 Å². The monoisotopic (exact) mass is 430 g/mol. The van der Waals surface area contributed by atoms with Gasteiger partial charge in [0.2, 0.25) is 0 Å². The predicted molar refractivity (Wildman–Crippen MR) is 107 cm³/mol. The summed E-state index contributed by atoms with van der Waals surface area (Å²) in [6.07, 6.45) is 5.33. The maximum atomic E-state index is 13.7. The first-order chi connectivity index (χ1) is 14.9. The molecule has 31 heavy (non-hydrogen) atoms. The molecular weight excluding hydrogens is 410 g/mol. The fraction of sp³-hybridized carbons (Fsp3) is 0.350. The lowest BCUT2D eigenvalue weighted by atomic mass is 10.1. The number of piperidine rings is 1. The van der Waals surface area contributed by atoms with Gasteiger partial charge in [-0.25, -0.2) is 23.2 Å². The third-order valence-electron chi connectivity index (χ3n) is 4.83. The molecule has 1 N–H and O–H groups in total. The number of hydrogen-bond donors (Lipinski definition) is 1. The topological polar surface area (TPSA) is 102 Å². The van der Waals surface area contributed by atoms with E-state index in [0.29, 0.717) is 22.4 Å². The number of nitrogens with one attached hydrogen (secondary N) is 1. The molecule has 4 heterocycles. The highest BCUT2D eigenvalue weighted by molar-refractivity contribution is 5.97. The van der Waals surface area contributed by atoms with Crippen molar-refractivity contribution in [3.8, 4) is 5.69 Å². The molecule has 11 heteroatoms. The third kappa shape index (κ3) is 4.44. The van der Waals surface area contributed by atoms with E-state index in [-0.39, 0.29) is 31.6 Å². The van der Waals surface area contributed by atoms with E-state index in [4.69, 9.17) is 4.74 Å². The first-order valence-electron chi connectivity index (χ1n) is 9.76. The highest BCUT2D eigenvalue weighted by atomic mass is 19.3. The maximum absolute atomic E-state index is 13.7. The molecule has 1 fully saturated rings. The number of nitrogens with zero attached hydrogens (tertiary/aromatic N) is 5. The minimum atomic E-state index is -2.87. The van der Waals surface area contributed by atoms with Crippen molar-refractivity contribution in [3.63, 3.8) is 0 Å². The summed E-state index contributed by atoms with van der Waals surface area (Å²) in [5.74, 6) is -3.35. The van der Waals surface area contributed by atoms with E-state index in [1.54, 1.807) is 25.3 Å². The molecule has 4 rings (SSSR count). The van der Waals surface area contributed by atoms with Crippen LogP contribution >= 0.6 is 0 Å². The van der Waals surface area contributed by atoms with Crippen LogP contribution in [0.25, 0.3) is 16.7 Å². The van der Waals surface area contributed by atoms with Crippen LogP contribution in [0.5, 0.6) is 0 Å². The van der Waals surface area contributed by atoms with Crippen molar-refractivity contribution in [2.45, 2.75) is 25.7 Å². The molecule has 0 saturated carbocycles. The molecule has 3 aromatic rings. The van der Waals surface area contributed by atoms with Gasteiger partial charge in [0.15, 0.2) is 5.65 Å². The van der Waals surface area contributed by atoms with Crippen LogP contribution in [0.3, 0.4) is 0 Å². The van der Waals surface area contributed by atoms with Gasteiger partial charge in [-0.15, -0.1) is 0 Å². The molecule has 9 nitrogen and oxygen atoms in total. The van der Waals surface area contributed by atoms with Crippen LogP contribution < -0.4 is 5.32 Å². The molecule has 1 aliphatic heterocycles. The summed E-state index contributed by atoms with van der Waals surface area (Å²) in [5, 5.41) is 7.42. The molecule has 1 saturated heterocycles. The Balaban J connectivity index is 1.58. The first-order valence-corrected chi connectivity index (χ1v) is 9.76. The number of fused-ring (bicyclic) bond motifs is 1. The van der Waals surface area contributed by atoms with Gasteiger partial charge in [-0.1, -0.05) is 0 Å². The standard InChI is InChI=1S/C20H20F2N6O3/c1-2-31-19(30)26-15-7-16(11-23-10-15)28-17-13(9-25-28)6-14(8-24-17)18(29)27-5-3-4-20(21,22)12-27/h6-11H,2-5,12H2,1H3,(H,26,30). The van der Waals surface area contributed by atoms with Gasteiger partial charge < -0.3 is 9.64 Å². The molecule has 0 atom stereocenters. The van der Waals surface area contributed by atoms with Gasteiger partial charge in [0, 0.05) is 24.5 Å². The summed E-state index contributed by atoms with van der Waals surface area (Å²) in [6, 6.07) is 3.22. The van der Waals surface area contributed by atoms with Crippen LogP contribution in [0.4, 0.5) is 19.3 Å². The van der Waals surface area contributed by atoms with E-state index in [9.17, 15) is 18.4 Å². The van der Waals surface area contributed by atoms with Crippen LogP contribution in [0.2, 0.25) is 0 Å². The summed E-state index contributed by atoms with van der Waals surface area (Å²) in [5.41, 5.74) is 1.63. The molecule has 0 aromatic carbocycles. The van der Waals surface area contributed by atoms with Crippen molar-refractivity contribution in [2.24, 2.45) is 0 Å². The Bertz CT molecular complexity index is 1130. The Hall–Kier alpha value is -3.63. The maximum Gasteiger partial charge on any atom is 0.411 e. The first kappa shape index (κ1) is 20.6. The minimum Gasteiger partial charge on any atom is -0.450 e. The molecule has 2 amide bonds. The molecule has 162 valence electrons. The van der Waals surface area contributed by atoms with Gasteiger partial charge in [0.05, 0.1) is 48.7 Å². The van der Waals surface area contributed by atoms with E-state index in [1.807, 2.05) is 0 Å². The lowest BCUT2D eigenvalue weighted by Gasteiger charge is -2.32. The second-order valence-electron chi connectivity index (χ2n) is 7.16. The highest BCUT2D eigenvalue weighted by Gasteiger charge is 2.37. The smallest absolute Gasteiger partial charge is 0.411 e. The Morgan fingerprint density at radius 2 is 2.06 bits per heavy atom. The van der Waals surface area contributed by atoms with Crippen LogP contribution in [0.1, 0.15) is 30.1 Å². The number of hydrogen-bond acceptors (Lipinski definition) is 6. The molecular formula is C20H20F2N6O3. The number of halogens is 2. The molecule has 0 radical (unpaired) electrons. The van der Waals surface area contributed by atoms with E-state index >= 15 is 0 Å². The van der Waals surface area contributed by atoms with E-state index in [2.05, 4.69) is 20.4 Å². The molecule has 3 aromatic heterocycles. The summed E-state index contributed by atoms with van der Waals surface area (Å²) in [7, 11) is 0. The SMILES string of the molecule is CCOC(=O)Nc1cncc(-n2ncc3cc(C(=O)N4CCCC(F)(F)C4)cnc32)c1. The number of alkyl halides is 2. The fourth-order valence-corrected chi connectivity index (χ4v) is 3.45. The average molecular weight is 430 g/mol. The largest absolute Gasteiger partial charge is 0.450 e. The average Bonchev–Trinajstić information content (AvgIpc) is 3.16. The molecule has 0 unspecified atom stereocenters. The van der Waals surface area contributed by atoms with Gasteiger partial charge in [0.1, 0.15) is 0 Å². The highest BCUT2D eigenvalue weighted by Crippen LogP contribution is 2.28. The van der Waals surface area contributed by atoms with E-state index < -0.39 is 24.5 Å². The number of aromatic nitrogens is 4. The zero-order chi connectivity index (χ0) is 22.0. The van der Waals surface area contributed by atoms with Crippen LogP contribution in [-0.4, -0.2) is 62.3 Å². The van der Waals surface area contributed by atoms with Crippen molar-refractivity contribution in [1.82, 2.24) is 24.6 Å². The summed E-state index contributed by atoms with van der Waals surface area (Å²) < 4.78 is 33.7. The van der Waals surface area contributed by atoms with Gasteiger partial charge in [-0.05, 0) is 25.5 Å². The molecule has 1 aliphatic rings. The van der Waals surface area contributed by atoms with Gasteiger partial charge in [-0.3, -0.25) is 15.1 Å². The molecule has 0 aliphatic carbocycles. The van der Waals surface area contributed by atoms with Gasteiger partial charge in [0.25, 0.3) is 11.8 Å². The Morgan fingerprint density at radius 3 is 2.84 bits per heavy atom. The zero-order valence-corrected chi connectivity index (χ0v) is 16.7. The summed E-state index contributed by atoms with van der Waals surface area (Å²) in [4.78, 5) is 33.9. The number of pyridine rings is 2. The van der Waals surface area contributed by atoms with Crippen molar-refractivity contribution < 1.29 is 23.1 Å². The number of carbonyl (C=O) groups is 2. The molecule has 0 spiro atoms. The quantitative estimate of drug-likeness (QED) is 0.682. The number of anilines is 1. The number of carbonyl (C=O) groups excluding carboxylic acids is 2. The van der Waals surface area contributed by atoms with Crippen molar-refractivity contribution in [2.75, 3.05) is 25.0 Å². The van der Waals surface area contributed by atoms with Crippen LogP contribution in [-0.2, 0) is 4.74 Å². The summed E-state index contributed by atoms with van der Waals surface area (Å²) in [6.45, 7) is 1.64. The Kier molecular flexibility index (Phi) is 5.49. The third-order valence-corrected chi connectivity index (χ3v) is 4.83. The van der Waals surface area contributed by atoms with Crippen LogP contribution in [0, 0.1) is 0 Å². The lowest BCUT2D eigenvalue weighted by Crippen LogP contribution is -2.45. The van der Waals surface area contributed by atoms with Gasteiger partial charge in [-0.2, -0.15) is 5.10 Å². The van der Waals surface area contributed by atoms with Crippen molar-refractivity contribution in [3.05, 3.63) is 42.5 Å². The second kappa shape index (κ2) is 8.25.